The maximum Gasteiger partial charge on any atom is 0.252 e. The Balaban J connectivity index is 1.74. The van der Waals surface area contributed by atoms with Crippen LogP contribution in [0, 0.1) is 23.3 Å². The molecule has 2 aromatic rings. The second-order valence-corrected chi connectivity index (χ2v) is 7.34. The fourth-order valence-corrected chi connectivity index (χ4v) is 3.10. The van der Waals surface area contributed by atoms with E-state index < -0.39 is 0 Å². The molecule has 0 aliphatic rings. The summed E-state index contributed by atoms with van der Waals surface area (Å²) in [5.41, 5.74) is 2.68. The second kappa shape index (κ2) is 8.98. The van der Waals surface area contributed by atoms with Gasteiger partial charge < -0.3 is 10.6 Å². The van der Waals surface area contributed by atoms with Crippen LogP contribution < -0.4 is 10.6 Å². The summed E-state index contributed by atoms with van der Waals surface area (Å²) in [5, 5.41) is 9.93. The Morgan fingerprint density at radius 1 is 1.24 bits per heavy atom. The van der Waals surface area contributed by atoms with Crippen LogP contribution in [0.5, 0.6) is 0 Å². The van der Waals surface area contributed by atoms with Gasteiger partial charge in [-0.25, -0.2) is 0 Å². The Labute approximate surface area is 161 Å². The molecule has 25 heavy (non-hydrogen) atoms. The van der Waals surface area contributed by atoms with E-state index in [4.69, 9.17) is 0 Å². The van der Waals surface area contributed by atoms with Crippen LogP contribution in [0.25, 0.3) is 0 Å². The number of hydrogen-bond donors (Lipinski definition) is 2. The van der Waals surface area contributed by atoms with Crippen LogP contribution in [0.3, 0.4) is 0 Å². The van der Waals surface area contributed by atoms with Crippen molar-refractivity contribution in [2.24, 2.45) is 5.92 Å². The normalized spacial score (nSPS) is 11.8. The Kier molecular flexibility index (Phi) is 6.98. The van der Waals surface area contributed by atoms with Gasteiger partial charge in [-0.15, -0.1) is 0 Å². The molecule has 0 saturated carbocycles. The van der Waals surface area contributed by atoms with E-state index >= 15 is 0 Å². The minimum atomic E-state index is -0.240. The maximum atomic E-state index is 12.1. The number of carbonyl (C=O) groups excluding carboxylic acids is 2. The summed E-state index contributed by atoms with van der Waals surface area (Å²) in [5.74, 6) is -0.192. The van der Waals surface area contributed by atoms with E-state index in [2.05, 4.69) is 45.2 Å². The fraction of sp³-hybridized carbons (Fsp3) is 0.389. The van der Waals surface area contributed by atoms with Crippen molar-refractivity contribution in [3.05, 3.63) is 50.9 Å². The maximum absolute atomic E-state index is 12.1. The molecule has 0 saturated heterocycles. The van der Waals surface area contributed by atoms with Crippen molar-refractivity contribution in [2.75, 3.05) is 13.1 Å². The summed E-state index contributed by atoms with van der Waals surface area (Å²) < 4.78 is 2.81. The van der Waals surface area contributed by atoms with Crippen LogP contribution in [-0.4, -0.2) is 34.7 Å². The number of nitrogens with zero attached hydrogens (tertiary/aromatic N) is 2. The summed E-state index contributed by atoms with van der Waals surface area (Å²) in [6.07, 6.45) is 0. The number of amides is 2. The molecule has 0 fully saturated rings. The monoisotopic (exact) mass is 454 g/mol. The molecule has 1 atom stereocenters. The lowest BCUT2D eigenvalue weighted by Crippen LogP contribution is -2.39. The highest BCUT2D eigenvalue weighted by Gasteiger charge is 2.12. The first-order valence-corrected chi connectivity index (χ1v) is 9.25. The lowest BCUT2D eigenvalue weighted by molar-refractivity contribution is -0.120. The molecular weight excluding hydrogens is 431 g/mol. The largest absolute Gasteiger partial charge is 0.354 e. The molecule has 2 amide bonds. The summed E-state index contributed by atoms with van der Waals surface area (Å²) in [6, 6.07) is 9.31. The first-order chi connectivity index (χ1) is 11.9. The number of hydrogen-bond acceptors (Lipinski definition) is 3. The quantitative estimate of drug-likeness (QED) is 0.631. The molecule has 0 aliphatic carbocycles. The first kappa shape index (κ1) is 19.4. The zero-order valence-electron chi connectivity index (χ0n) is 14.7. The van der Waals surface area contributed by atoms with E-state index in [-0.39, 0.29) is 24.3 Å². The minimum absolute atomic E-state index is 0.0313. The molecule has 134 valence electrons. The van der Waals surface area contributed by atoms with E-state index in [0.29, 0.717) is 12.1 Å². The molecule has 1 aromatic carbocycles. The van der Waals surface area contributed by atoms with Gasteiger partial charge in [-0.3, -0.25) is 14.3 Å². The van der Waals surface area contributed by atoms with Crippen LogP contribution >= 0.6 is 22.6 Å². The molecule has 0 radical (unpaired) electrons. The molecule has 2 rings (SSSR count). The van der Waals surface area contributed by atoms with Gasteiger partial charge in [-0.1, -0.05) is 19.1 Å². The zero-order chi connectivity index (χ0) is 18.4. The second-order valence-electron chi connectivity index (χ2n) is 6.18. The zero-order valence-corrected chi connectivity index (χ0v) is 16.8. The van der Waals surface area contributed by atoms with Gasteiger partial charge in [0.25, 0.3) is 5.91 Å². The molecule has 1 heterocycles. The van der Waals surface area contributed by atoms with Crippen LogP contribution in [0.2, 0.25) is 0 Å². The SMILES string of the molecule is Cc1cc(C)n(CC(C)CNC(=O)CNC(=O)c2ccccc2I)n1. The van der Waals surface area contributed by atoms with E-state index in [1.165, 1.54) is 0 Å². The first-order valence-electron chi connectivity index (χ1n) is 8.17. The van der Waals surface area contributed by atoms with Crippen molar-refractivity contribution >= 4 is 34.4 Å². The molecular formula is C18H23IN4O2. The number of nitrogens with one attached hydrogen (secondary N) is 2. The summed E-state index contributed by atoms with van der Waals surface area (Å²) >= 11 is 2.10. The van der Waals surface area contributed by atoms with Gasteiger partial charge in [0.15, 0.2) is 0 Å². The molecule has 0 bridgehead atoms. The predicted molar refractivity (Wildman–Crippen MR) is 105 cm³/mol. The van der Waals surface area contributed by atoms with Gasteiger partial charge in [-0.2, -0.15) is 5.10 Å². The van der Waals surface area contributed by atoms with Crippen LogP contribution in [0.4, 0.5) is 0 Å². The van der Waals surface area contributed by atoms with Crippen LogP contribution in [0.15, 0.2) is 30.3 Å². The number of rotatable bonds is 7. The molecule has 1 unspecified atom stereocenters. The molecule has 1 aromatic heterocycles. The van der Waals surface area contributed by atoms with Crippen molar-refractivity contribution in [3.63, 3.8) is 0 Å². The Hall–Kier alpha value is -1.90. The minimum Gasteiger partial charge on any atom is -0.354 e. The standard InChI is InChI=1S/C18H23IN4O2/c1-12(11-23-14(3)8-13(2)22-23)9-20-17(24)10-21-18(25)15-6-4-5-7-16(15)19/h4-8,12H,9-11H2,1-3H3,(H,20,24)(H,21,25). The molecule has 2 N–H and O–H groups in total. The van der Waals surface area contributed by atoms with E-state index in [1.807, 2.05) is 36.7 Å². The summed E-state index contributed by atoms with van der Waals surface area (Å²) in [7, 11) is 0. The molecule has 0 spiro atoms. The third kappa shape index (κ3) is 5.84. The third-order valence-corrected chi connectivity index (χ3v) is 4.70. The van der Waals surface area contributed by atoms with E-state index in [0.717, 1.165) is 21.5 Å². The van der Waals surface area contributed by atoms with Crippen molar-refractivity contribution in [1.29, 1.82) is 0 Å². The lowest BCUT2D eigenvalue weighted by Gasteiger charge is -2.14. The average Bonchev–Trinajstić information content (AvgIpc) is 2.88. The number of halogens is 1. The van der Waals surface area contributed by atoms with Crippen molar-refractivity contribution in [3.8, 4) is 0 Å². The van der Waals surface area contributed by atoms with Crippen molar-refractivity contribution in [1.82, 2.24) is 20.4 Å². The smallest absolute Gasteiger partial charge is 0.252 e. The Morgan fingerprint density at radius 3 is 2.60 bits per heavy atom. The number of benzene rings is 1. The topological polar surface area (TPSA) is 76.0 Å². The van der Waals surface area contributed by atoms with E-state index in [9.17, 15) is 9.59 Å². The Bertz CT molecular complexity index is 757. The average molecular weight is 454 g/mol. The lowest BCUT2D eigenvalue weighted by atomic mass is 10.2. The molecule has 0 aliphatic heterocycles. The highest BCUT2D eigenvalue weighted by molar-refractivity contribution is 14.1. The van der Waals surface area contributed by atoms with Gasteiger partial charge in [0.2, 0.25) is 5.91 Å². The van der Waals surface area contributed by atoms with E-state index in [1.54, 1.807) is 12.1 Å². The highest BCUT2D eigenvalue weighted by atomic mass is 127. The van der Waals surface area contributed by atoms with Crippen molar-refractivity contribution < 1.29 is 9.59 Å². The fourth-order valence-electron chi connectivity index (χ4n) is 2.47. The third-order valence-electron chi connectivity index (χ3n) is 3.76. The van der Waals surface area contributed by atoms with Gasteiger partial charge in [0, 0.05) is 22.4 Å². The van der Waals surface area contributed by atoms with Crippen molar-refractivity contribution in [2.45, 2.75) is 27.3 Å². The van der Waals surface area contributed by atoms with Gasteiger partial charge >= 0.3 is 0 Å². The predicted octanol–water partition coefficient (Wildman–Crippen LogP) is 2.29. The number of aromatic nitrogens is 2. The summed E-state index contributed by atoms with van der Waals surface area (Å²) in [4.78, 5) is 24.0. The van der Waals surface area contributed by atoms with Gasteiger partial charge in [-0.05, 0) is 60.6 Å². The van der Waals surface area contributed by atoms with Gasteiger partial charge in [0.05, 0.1) is 17.8 Å². The number of aryl methyl sites for hydroxylation is 2. The summed E-state index contributed by atoms with van der Waals surface area (Å²) in [6.45, 7) is 7.29. The molecule has 6 nitrogen and oxygen atoms in total. The van der Waals surface area contributed by atoms with Crippen LogP contribution in [-0.2, 0) is 11.3 Å². The highest BCUT2D eigenvalue weighted by Crippen LogP contribution is 2.10. The Morgan fingerprint density at radius 2 is 1.96 bits per heavy atom. The van der Waals surface area contributed by atoms with Crippen LogP contribution in [0.1, 0.15) is 28.7 Å². The molecule has 7 heteroatoms. The van der Waals surface area contributed by atoms with Gasteiger partial charge in [0.1, 0.15) is 0 Å². The number of carbonyl (C=O) groups is 2.